The monoisotopic (exact) mass is 432 g/mol. The zero-order chi connectivity index (χ0) is 22.2. The topological polar surface area (TPSA) is 51.0 Å². The highest BCUT2D eigenvalue weighted by molar-refractivity contribution is 5.92. The van der Waals surface area contributed by atoms with Crippen LogP contribution in [0, 0.1) is 5.82 Å². The highest BCUT2D eigenvalue weighted by atomic mass is 19.4. The van der Waals surface area contributed by atoms with Crippen molar-refractivity contribution in [2.45, 2.75) is 38.0 Å². The van der Waals surface area contributed by atoms with Gasteiger partial charge in [-0.15, -0.1) is 0 Å². The third-order valence-electron chi connectivity index (χ3n) is 5.45. The van der Waals surface area contributed by atoms with E-state index in [4.69, 9.17) is 0 Å². The number of carbonyl (C=O) groups excluding carboxylic acids is 1. The van der Waals surface area contributed by atoms with Crippen LogP contribution in [0.1, 0.15) is 40.9 Å². The van der Waals surface area contributed by atoms with Gasteiger partial charge in [0.15, 0.2) is 0 Å². The summed E-state index contributed by atoms with van der Waals surface area (Å²) in [4.78, 5) is 22.8. The van der Waals surface area contributed by atoms with Crippen LogP contribution in [0.5, 0.6) is 0 Å². The van der Waals surface area contributed by atoms with E-state index in [1.807, 2.05) is 0 Å². The molecule has 1 aliphatic carbocycles. The molecule has 162 valence electrons. The van der Waals surface area contributed by atoms with E-state index < -0.39 is 17.6 Å². The first-order chi connectivity index (χ1) is 14.7. The summed E-state index contributed by atoms with van der Waals surface area (Å²) in [6.45, 7) is 0.201. The number of hydrogen-bond acceptors (Lipinski definition) is 3. The Bertz CT molecular complexity index is 1100. The summed E-state index contributed by atoms with van der Waals surface area (Å²) in [5.74, 6) is -0.907. The van der Waals surface area contributed by atoms with Crippen molar-refractivity contribution >= 4 is 5.91 Å². The number of carbonyl (C=O) groups is 1. The summed E-state index contributed by atoms with van der Waals surface area (Å²) in [5.41, 5.74) is -0.130. The number of pyridine rings is 1. The lowest BCUT2D eigenvalue weighted by Gasteiger charge is -2.37. The Morgan fingerprint density at radius 1 is 1.19 bits per heavy atom. The summed E-state index contributed by atoms with van der Waals surface area (Å²) < 4.78 is 55.3. The molecule has 1 saturated carbocycles. The van der Waals surface area contributed by atoms with Crippen LogP contribution in [0.15, 0.2) is 49.1 Å². The van der Waals surface area contributed by atoms with E-state index in [2.05, 4.69) is 9.97 Å². The molecule has 31 heavy (non-hydrogen) atoms. The first kappa shape index (κ1) is 21.0. The van der Waals surface area contributed by atoms with Crippen LogP contribution in [0.4, 0.5) is 17.6 Å². The summed E-state index contributed by atoms with van der Waals surface area (Å²) in [5, 5.41) is 0. The van der Waals surface area contributed by atoms with Crippen LogP contribution in [0.2, 0.25) is 0 Å². The lowest BCUT2D eigenvalue weighted by molar-refractivity contribution is -0.137. The van der Waals surface area contributed by atoms with Crippen molar-refractivity contribution in [1.29, 1.82) is 0 Å². The van der Waals surface area contributed by atoms with Crippen molar-refractivity contribution in [2.24, 2.45) is 7.05 Å². The van der Waals surface area contributed by atoms with E-state index in [1.54, 1.807) is 29.0 Å². The summed E-state index contributed by atoms with van der Waals surface area (Å²) in [6.07, 6.45) is 2.37. The second kappa shape index (κ2) is 8.13. The Balaban J connectivity index is 1.65. The lowest BCUT2D eigenvalue weighted by Crippen LogP contribution is -2.43. The van der Waals surface area contributed by atoms with Crippen molar-refractivity contribution in [3.8, 4) is 11.3 Å². The number of rotatable bonds is 5. The van der Waals surface area contributed by atoms with Crippen molar-refractivity contribution in [2.75, 3.05) is 0 Å². The molecule has 2 aromatic heterocycles. The fraction of sp³-hybridized carbons (Fsp3) is 0.318. The zero-order valence-electron chi connectivity index (χ0n) is 16.7. The minimum absolute atomic E-state index is 0.0394. The molecule has 1 aromatic carbocycles. The maximum atomic E-state index is 14.5. The number of aryl methyl sites for hydroxylation is 1. The Hall–Kier alpha value is -3.23. The molecular weight excluding hydrogens is 412 g/mol. The molecule has 0 radical (unpaired) electrons. The third-order valence-corrected chi connectivity index (χ3v) is 5.45. The van der Waals surface area contributed by atoms with Crippen molar-refractivity contribution < 1.29 is 22.4 Å². The molecule has 0 bridgehead atoms. The smallest absolute Gasteiger partial charge is 0.340 e. The van der Waals surface area contributed by atoms with Gasteiger partial charge in [0.25, 0.3) is 5.91 Å². The first-order valence-corrected chi connectivity index (χ1v) is 9.83. The van der Waals surface area contributed by atoms with Crippen molar-refractivity contribution in [3.63, 3.8) is 0 Å². The second-order valence-electron chi connectivity index (χ2n) is 7.68. The average Bonchev–Trinajstić information content (AvgIpc) is 3.12. The Morgan fingerprint density at radius 2 is 1.97 bits per heavy atom. The molecule has 3 aromatic rings. The van der Waals surface area contributed by atoms with E-state index in [-0.39, 0.29) is 29.8 Å². The summed E-state index contributed by atoms with van der Waals surface area (Å²) >= 11 is 0. The van der Waals surface area contributed by atoms with Gasteiger partial charge in [-0.3, -0.25) is 9.78 Å². The van der Waals surface area contributed by atoms with E-state index in [9.17, 15) is 22.4 Å². The van der Waals surface area contributed by atoms with Crippen LogP contribution in [0.3, 0.4) is 0 Å². The van der Waals surface area contributed by atoms with Gasteiger partial charge in [-0.25, -0.2) is 9.37 Å². The van der Waals surface area contributed by atoms with Gasteiger partial charge in [0.2, 0.25) is 0 Å². The van der Waals surface area contributed by atoms with Gasteiger partial charge in [-0.2, -0.15) is 13.2 Å². The van der Waals surface area contributed by atoms with E-state index in [0.717, 1.165) is 37.6 Å². The molecule has 0 atom stereocenters. The summed E-state index contributed by atoms with van der Waals surface area (Å²) in [6, 6.07) is 5.89. The van der Waals surface area contributed by atoms with Gasteiger partial charge in [0.05, 0.1) is 17.6 Å². The maximum Gasteiger partial charge on any atom is 0.416 e. The highest BCUT2D eigenvalue weighted by Crippen LogP contribution is 2.33. The van der Waals surface area contributed by atoms with Gasteiger partial charge in [-0.05, 0) is 49.1 Å². The van der Waals surface area contributed by atoms with Gasteiger partial charge in [-0.1, -0.05) is 6.07 Å². The third kappa shape index (κ3) is 4.45. The maximum absolute atomic E-state index is 14.5. The van der Waals surface area contributed by atoms with Gasteiger partial charge in [0.1, 0.15) is 11.5 Å². The van der Waals surface area contributed by atoms with Gasteiger partial charge < -0.3 is 9.47 Å². The lowest BCUT2D eigenvalue weighted by atomic mass is 9.90. The Kier molecular flexibility index (Phi) is 5.51. The number of hydrogen-bond donors (Lipinski definition) is 0. The Morgan fingerprint density at radius 3 is 2.58 bits per heavy atom. The predicted octanol–water partition coefficient (Wildman–Crippen LogP) is 4.83. The second-order valence-corrected chi connectivity index (χ2v) is 7.68. The zero-order valence-corrected chi connectivity index (χ0v) is 16.7. The molecule has 0 aliphatic heterocycles. The standard InChI is InChI=1S/C22H20F4N4O/c1-29-12-20(28-13-29)21(31)30(16-3-2-4-16)11-14-5-6-18(23)17(9-14)19-10-15(7-8-27-19)22(24,25)26/h5-10,12-13,16H,2-4,11H2,1H3. The fourth-order valence-corrected chi connectivity index (χ4v) is 3.55. The Labute approximate surface area is 176 Å². The molecule has 5 nitrogen and oxygen atoms in total. The van der Waals surface area contributed by atoms with E-state index in [0.29, 0.717) is 11.3 Å². The molecule has 0 unspecified atom stereocenters. The first-order valence-electron chi connectivity index (χ1n) is 9.83. The number of halogens is 4. The number of aromatic nitrogens is 3. The number of alkyl halides is 3. The van der Waals surface area contributed by atoms with Crippen LogP contribution in [-0.2, 0) is 19.8 Å². The van der Waals surface area contributed by atoms with Gasteiger partial charge in [0, 0.05) is 37.6 Å². The molecule has 1 fully saturated rings. The minimum atomic E-state index is -4.55. The molecule has 4 rings (SSSR count). The molecule has 0 spiro atoms. The summed E-state index contributed by atoms with van der Waals surface area (Å²) in [7, 11) is 1.77. The quantitative estimate of drug-likeness (QED) is 0.543. The van der Waals surface area contributed by atoms with Crippen molar-refractivity contribution in [3.05, 3.63) is 71.7 Å². The number of imidazole rings is 1. The molecule has 0 saturated heterocycles. The van der Waals surface area contributed by atoms with Gasteiger partial charge >= 0.3 is 6.18 Å². The fourth-order valence-electron chi connectivity index (χ4n) is 3.55. The molecular formula is C22H20F4N4O. The SMILES string of the molecule is Cn1cnc(C(=O)N(Cc2ccc(F)c(-c3cc(C(F)(F)F)ccn3)c2)C2CCC2)c1. The van der Waals surface area contributed by atoms with Crippen molar-refractivity contribution in [1.82, 2.24) is 19.4 Å². The molecule has 1 amide bonds. The molecule has 1 aliphatic rings. The largest absolute Gasteiger partial charge is 0.416 e. The minimum Gasteiger partial charge on any atom is -0.340 e. The molecule has 2 heterocycles. The highest BCUT2D eigenvalue weighted by Gasteiger charge is 2.32. The van der Waals surface area contributed by atoms with E-state index >= 15 is 0 Å². The number of amides is 1. The van der Waals surface area contributed by atoms with Crippen LogP contribution >= 0.6 is 0 Å². The van der Waals surface area contributed by atoms with Crippen LogP contribution in [0.25, 0.3) is 11.3 Å². The number of benzene rings is 1. The van der Waals surface area contributed by atoms with E-state index in [1.165, 1.54) is 18.2 Å². The van der Waals surface area contributed by atoms with Crippen LogP contribution in [-0.4, -0.2) is 31.4 Å². The number of nitrogens with zero attached hydrogens (tertiary/aromatic N) is 4. The predicted molar refractivity (Wildman–Crippen MR) is 105 cm³/mol. The average molecular weight is 432 g/mol. The molecule has 9 heteroatoms. The normalized spacial score (nSPS) is 14.4. The van der Waals surface area contributed by atoms with Crippen LogP contribution < -0.4 is 0 Å². The molecule has 0 N–H and O–H groups in total.